The molecule has 0 bridgehead atoms. The first kappa shape index (κ1) is 18.0. The maximum atomic E-state index is 12.2. The third kappa shape index (κ3) is 3.16. The van der Waals surface area contributed by atoms with Crippen LogP contribution in [0.25, 0.3) is 0 Å². The van der Waals surface area contributed by atoms with E-state index in [0.717, 1.165) is 24.3 Å². The Morgan fingerprint density at radius 3 is 2.61 bits per heavy atom. The number of carbonyl (C=O) groups is 1. The Hall–Kier alpha value is -1.37. The number of unbranched alkanes of at least 4 members (excludes halogenated alkanes) is 4. The van der Waals surface area contributed by atoms with E-state index in [2.05, 4.69) is 13.5 Å². The monoisotopic (exact) mass is 325 g/mol. The van der Waals surface area contributed by atoms with Crippen LogP contribution >= 0.6 is 0 Å². The summed E-state index contributed by atoms with van der Waals surface area (Å²) in [6.07, 6.45) is 4.15. The molecule has 23 heavy (non-hydrogen) atoms. The Kier molecular flexibility index (Phi) is 5.49. The van der Waals surface area contributed by atoms with E-state index in [4.69, 9.17) is 9.57 Å². The number of hydrogen-bond acceptors (Lipinski definition) is 5. The molecule has 6 heteroatoms. The Labute approximate surface area is 137 Å². The maximum Gasteiger partial charge on any atom is 0.284 e. The lowest BCUT2D eigenvalue weighted by atomic mass is 9.82. The lowest BCUT2D eigenvalue weighted by molar-refractivity contribution is -0.162. The highest BCUT2D eigenvalue weighted by atomic mass is 16.7. The molecular formula is C17H27NO5. The zero-order chi connectivity index (χ0) is 17.2. The summed E-state index contributed by atoms with van der Waals surface area (Å²) >= 11 is 0. The van der Waals surface area contributed by atoms with E-state index < -0.39 is 23.7 Å². The zero-order valence-electron chi connectivity index (χ0n) is 14.2. The number of hydrogen-bond donors (Lipinski definition) is 2. The van der Waals surface area contributed by atoms with Crippen molar-refractivity contribution >= 4 is 5.91 Å². The van der Waals surface area contributed by atoms with E-state index in [-0.39, 0.29) is 17.0 Å². The molecule has 3 atom stereocenters. The number of nitrogens with zero attached hydrogens (tertiary/aromatic N) is 1. The van der Waals surface area contributed by atoms with Gasteiger partial charge in [0.15, 0.2) is 5.76 Å². The summed E-state index contributed by atoms with van der Waals surface area (Å²) in [6, 6.07) is 0. The maximum absolute atomic E-state index is 12.2. The average molecular weight is 325 g/mol. The van der Waals surface area contributed by atoms with Crippen LogP contribution in [0.1, 0.15) is 52.4 Å². The molecule has 2 N–H and O–H groups in total. The van der Waals surface area contributed by atoms with Crippen LogP contribution in [-0.2, 0) is 14.4 Å². The van der Waals surface area contributed by atoms with Crippen molar-refractivity contribution in [2.45, 2.75) is 70.2 Å². The molecule has 0 radical (unpaired) electrons. The number of rotatable bonds is 7. The lowest BCUT2D eigenvalue weighted by Crippen LogP contribution is -2.55. The summed E-state index contributed by atoms with van der Waals surface area (Å²) in [5.41, 5.74) is -1.24. The fraction of sp³-hybridized carbons (Fsp3) is 0.706. The van der Waals surface area contributed by atoms with E-state index in [9.17, 15) is 15.0 Å². The average Bonchev–Trinajstić information content (AvgIpc) is 2.74. The minimum atomic E-state index is -1.52. The van der Waals surface area contributed by atoms with Crippen LogP contribution in [0.4, 0.5) is 0 Å². The molecule has 0 unspecified atom stereocenters. The van der Waals surface area contributed by atoms with Gasteiger partial charge in [-0.1, -0.05) is 39.2 Å². The van der Waals surface area contributed by atoms with Gasteiger partial charge in [-0.3, -0.25) is 9.63 Å². The molecule has 0 saturated carbocycles. The predicted octanol–water partition coefficient (Wildman–Crippen LogP) is 2.03. The summed E-state index contributed by atoms with van der Waals surface area (Å²) in [4.78, 5) is 17.2. The molecule has 2 rings (SSSR count). The van der Waals surface area contributed by atoms with E-state index in [1.807, 2.05) is 0 Å². The molecular weight excluding hydrogens is 298 g/mol. The first-order chi connectivity index (χ1) is 10.9. The SMILES string of the molecule is C=C1C2=C(C(=O)N1OC)[C@H](O)[C@@](C)(O)[C@@H](CCCCCCC)O2. The third-order valence-electron chi connectivity index (χ3n) is 4.66. The van der Waals surface area contributed by atoms with Crippen molar-refractivity contribution in [3.05, 3.63) is 23.6 Å². The third-order valence-corrected chi connectivity index (χ3v) is 4.66. The first-order valence-electron chi connectivity index (χ1n) is 8.25. The van der Waals surface area contributed by atoms with E-state index in [0.29, 0.717) is 6.42 Å². The molecule has 130 valence electrons. The van der Waals surface area contributed by atoms with Crippen molar-refractivity contribution in [1.82, 2.24) is 5.06 Å². The minimum Gasteiger partial charge on any atom is -0.484 e. The van der Waals surface area contributed by atoms with Crippen molar-refractivity contribution in [1.29, 1.82) is 0 Å². The number of ether oxygens (including phenoxy) is 1. The van der Waals surface area contributed by atoms with Gasteiger partial charge in [-0.05, 0) is 19.8 Å². The van der Waals surface area contributed by atoms with Crippen molar-refractivity contribution in [3.8, 4) is 0 Å². The molecule has 0 aliphatic carbocycles. The van der Waals surface area contributed by atoms with Gasteiger partial charge in [0.1, 0.15) is 23.5 Å². The van der Waals surface area contributed by atoms with E-state index in [1.165, 1.54) is 26.9 Å². The highest BCUT2D eigenvalue weighted by molar-refractivity contribution is 6.00. The second kappa shape index (κ2) is 7.03. The van der Waals surface area contributed by atoms with Gasteiger partial charge in [0.2, 0.25) is 0 Å². The number of hydroxylamine groups is 2. The van der Waals surface area contributed by atoms with Gasteiger partial charge in [-0.15, -0.1) is 0 Å². The van der Waals surface area contributed by atoms with Gasteiger partial charge in [0.25, 0.3) is 5.91 Å². The predicted molar refractivity (Wildman–Crippen MR) is 84.9 cm³/mol. The summed E-state index contributed by atoms with van der Waals surface area (Å²) in [7, 11) is 1.34. The molecule has 1 amide bonds. The standard InChI is InChI=1S/C17H27NO5/c1-5-6-7-8-9-10-12-17(3,21)15(19)13-14(23-12)11(2)18(22-4)16(13)20/h12,15,19,21H,2,5-10H2,1,3-4H3/t12-,15+,17+/m1/s1. The Morgan fingerprint density at radius 2 is 2.00 bits per heavy atom. The van der Waals surface area contributed by atoms with E-state index >= 15 is 0 Å². The molecule has 2 aliphatic rings. The Balaban J connectivity index is 2.12. The highest BCUT2D eigenvalue weighted by Crippen LogP contribution is 2.42. The lowest BCUT2D eigenvalue weighted by Gasteiger charge is -2.40. The smallest absolute Gasteiger partial charge is 0.284 e. The van der Waals surface area contributed by atoms with Crippen LogP contribution in [-0.4, -0.2) is 46.1 Å². The van der Waals surface area contributed by atoms with Crippen LogP contribution in [0, 0.1) is 0 Å². The van der Waals surface area contributed by atoms with Crippen LogP contribution in [0.5, 0.6) is 0 Å². The van der Waals surface area contributed by atoms with Gasteiger partial charge in [-0.25, -0.2) is 0 Å². The Bertz CT molecular complexity index is 511. The normalized spacial score (nSPS) is 30.7. The Morgan fingerprint density at radius 1 is 1.35 bits per heavy atom. The van der Waals surface area contributed by atoms with Gasteiger partial charge in [0.05, 0.1) is 12.7 Å². The summed E-state index contributed by atoms with van der Waals surface area (Å²) in [6.45, 7) is 7.44. The first-order valence-corrected chi connectivity index (χ1v) is 8.25. The number of aliphatic hydroxyl groups excluding tert-OH is 1. The fourth-order valence-electron chi connectivity index (χ4n) is 3.16. The quantitative estimate of drug-likeness (QED) is 0.700. The van der Waals surface area contributed by atoms with Crippen molar-refractivity contribution in [2.24, 2.45) is 0 Å². The molecule has 2 heterocycles. The van der Waals surface area contributed by atoms with Crippen LogP contribution < -0.4 is 0 Å². The van der Waals surface area contributed by atoms with Crippen molar-refractivity contribution < 1.29 is 24.6 Å². The van der Waals surface area contributed by atoms with Crippen molar-refractivity contribution in [3.63, 3.8) is 0 Å². The van der Waals surface area contributed by atoms with Gasteiger partial charge < -0.3 is 14.9 Å². The molecule has 6 nitrogen and oxygen atoms in total. The summed E-state index contributed by atoms with van der Waals surface area (Å²) in [5.74, 6) is -0.309. The minimum absolute atomic E-state index is 0.0177. The van der Waals surface area contributed by atoms with Gasteiger partial charge in [0, 0.05) is 0 Å². The summed E-state index contributed by atoms with van der Waals surface area (Å²) < 4.78 is 5.84. The highest BCUT2D eigenvalue weighted by Gasteiger charge is 2.54. The largest absolute Gasteiger partial charge is 0.484 e. The number of amides is 1. The van der Waals surface area contributed by atoms with Crippen molar-refractivity contribution in [2.75, 3.05) is 7.11 Å². The molecule has 0 saturated heterocycles. The molecule has 0 aromatic heterocycles. The molecule has 0 fully saturated rings. The molecule has 0 aromatic rings. The van der Waals surface area contributed by atoms with E-state index in [1.54, 1.807) is 0 Å². The zero-order valence-corrected chi connectivity index (χ0v) is 14.2. The van der Waals surface area contributed by atoms with Crippen LogP contribution in [0.2, 0.25) is 0 Å². The fourth-order valence-corrected chi connectivity index (χ4v) is 3.16. The number of aliphatic hydroxyl groups is 2. The second-order valence-corrected chi connectivity index (χ2v) is 6.41. The topological polar surface area (TPSA) is 79.2 Å². The molecule has 0 spiro atoms. The molecule has 0 aromatic carbocycles. The van der Waals surface area contributed by atoms with Gasteiger partial charge in [-0.2, -0.15) is 5.06 Å². The second-order valence-electron chi connectivity index (χ2n) is 6.41. The molecule has 2 aliphatic heterocycles. The summed E-state index contributed by atoms with van der Waals surface area (Å²) in [5, 5.41) is 22.1. The number of carbonyl (C=O) groups excluding carboxylic acids is 1. The van der Waals surface area contributed by atoms with Crippen LogP contribution in [0.15, 0.2) is 23.6 Å². The van der Waals surface area contributed by atoms with Crippen LogP contribution in [0.3, 0.4) is 0 Å². The van der Waals surface area contributed by atoms with Gasteiger partial charge >= 0.3 is 0 Å².